The number of hydrogen-bond donors (Lipinski definition) is 2. The van der Waals surface area contributed by atoms with E-state index in [9.17, 15) is 18.0 Å². The van der Waals surface area contributed by atoms with Crippen molar-refractivity contribution in [1.82, 2.24) is 24.4 Å². The highest BCUT2D eigenvalue weighted by Gasteiger charge is 2.20. The van der Waals surface area contributed by atoms with Crippen LogP contribution in [0.1, 0.15) is 31.9 Å². The number of rotatable bonds is 7. The van der Waals surface area contributed by atoms with Crippen LogP contribution >= 0.6 is 0 Å². The van der Waals surface area contributed by atoms with Crippen molar-refractivity contribution in [3.63, 3.8) is 0 Å². The van der Waals surface area contributed by atoms with E-state index in [4.69, 9.17) is 0 Å². The Labute approximate surface area is 215 Å². The molecule has 3 aromatic heterocycles. The maximum atomic E-state index is 13.1. The maximum absolute atomic E-state index is 13.1. The third-order valence-electron chi connectivity index (χ3n) is 7.28. The average molecular weight is 522 g/mol. The van der Waals surface area contributed by atoms with Crippen molar-refractivity contribution in [2.75, 3.05) is 18.8 Å². The van der Waals surface area contributed by atoms with Gasteiger partial charge in [-0.2, -0.15) is 0 Å². The number of nitrogens with one attached hydrogen (secondary N) is 2. The minimum absolute atomic E-state index is 0.0551. The zero-order valence-electron chi connectivity index (χ0n) is 21.0. The first-order valence-corrected chi connectivity index (χ1v) is 14.3. The summed E-state index contributed by atoms with van der Waals surface area (Å²) >= 11 is 0. The highest BCUT2D eigenvalue weighted by Crippen LogP contribution is 2.33. The molecule has 0 saturated carbocycles. The van der Waals surface area contributed by atoms with Crippen LogP contribution in [0.15, 0.2) is 63.5 Å². The Morgan fingerprint density at radius 3 is 2.62 bits per heavy atom. The van der Waals surface area contributed by atoms with Crippen molar-refractivity contribution in [1.29, 1.82) is 0 Å². The number of benzene rings is 1. The van der Waals surface area contributed by atoms with Crippen LogP contribution in [0.25, 0.3) is 27.7 Å². The molecule has 1 aliphatic rings. The van der Waals surface area contributed by atoms with Crippen LogP contribution in [-0.2, 0) is 23.3 Å². The van der Waals surface area contributed by atoms with Crippen LogP contribution in [0, 0.1) is 5.92 Å². The fourth-order valence-corrected chi connectivity index (χ4v) is 5.97. The molecule has 0 radical (unpaired) electrons. The van der Waals surface area contributed by atoms with Gasteiger partial charge in [-0.15, -0.1) is 0 Å². The fourth-order valence-electron chi connectivity index (χ4n) is 5.07. The number of nitrogens with zero attached hydrogens (tertiary/aromatic N) is 3. The van der Waals surface area contributed by atoms with Crippen molar-refractivity contribution >= 4 is 20.7 Å². The van der Waals surface area contributed by atoms with Gasteiger partial charge < -0.3 is 14.9 Å². The minimum atomic E-state index is -3.52. The average Bonchev–Trinajstić information content (AvgIpc) is 3.41. The van der Waals surface area contributed by atoms with Gasteiger partial charge in [-0.3, -0.25) is 19.1 Å². The van der Waals surface area contributed by atoms with Crippen molar-refractivity contribution in [3.8, 4) is 16.8 Å². The maximum Gasteiger partial charge on any atom is 0.274 e. The van der Waals surface area contributed by atoms with E-state index in [0.29, 0.717) is 33.6 Å². The lowest BCUT2D eigenvalue weighted by Crippen LogP contribution is -2.28. The van der Waals surface area contributed by atoms with Gasteiger partial charge in [0.15, 0.2) is 9.84 Å². The zero-order chi connectivity index (χ0) is 26.2. The lowest BCUT2D eigenvalue weighted by molar-refractivity contribution is 0.353. The van der Waals surface area contributed by atoms with Crippen molar-refractivity contribution in [3.05, 3.63) is 75.5 Å². The quantitative estimate of drug-likeness (QED) is 0.386. The summed E-state index contributed by atoms with van der Waals surface area (Å²) in [6.07, 6.45) is 10.4. The Bertz CT molecular complexity index is 1680. The van der Waals surface area contributed by atoms with Crippen molar-refractivity contribution in [2.24, 2.45) is 13.0 Å². The Morgan fingerprint density at radius 1 is 1.08 bits per heavy atom. The van der Waals surface area contributed by atoms with Gasteiger partial charge in [0.1, 0.15) is 5.52 Å². The highest BCUT2D eigenvalue weighted by atomic mass is 32.2. The molecule has 0 unspecified atom stereocenters. The van der Waals surface area contributed by atoms with E-state index in [1.54, 1.807) is 50.8 Å². The van der Waals surface area contributed by atoms with Crippen molar-refractivity contribution in [2.45, 2.75) is 37.5 Å². The number of aromatic nitrogens is 4. The van der Waals surface area contributed by atoms with Crippen LogP contribution in [0.2, 0.25) is 0 Å². The number of sulfone groups is 1. The molecule has 1 aromatic carbocycles. The summed E-state index contributed by atoms with van der Waals surface area (Å²) in [6.45, 7) is 3.64. The third kappa shape index (κ3) is 4.91. The smallest absolute Gasteiger partial charge is 0.274 e. The summed E-state index contributed by atoms with van der Waals surface area (Å²) in [6, 6.07) is 6.64. The summed E-state index contributed by atoms with van der Waals surface area (Å²) in [5.41, 5.74) is 2.50. The minimum Gasteiger partial charge on any atom is -0.357 e. The molecule has 0 atom stereocenters. The van der Waals surface area contributed by atoms with Crippen LogP contribution in [0.5, 0.6) is 0 Å². The summed E-state index contributed by atoms with van der Waals surface area (Å²) < 4.78 is 28.5. The number of aryl methyl sites for hydroxylation is 2. The summed E-state index contributed by atoms with van der Waals surface area (Å²) in [7, 11) is -1.85. The molecule has 4 aromatic rings. The Hall–Kier alpha value is -3.50. The molecule has 0 bridgehead atoms. The topological polar surface area (TPSA) is 119 Å². The van der Waals surface area contributed by atoms with E-state index in [1.165, 1.54) is 15.3 Å². The molecule has 0 amide bonds. The first kappa shape index (κ1) is 25.2. The van der Waals surface area contributed by atoms with Gasteiger partial charge in [-0.1, -0.05) is 13.0 Å². The molecule has 0 spiro atoms. The van der Waals surface area contributed by atoms with Gasteiger partial charge in [0, 0.05) is 42.2 Å². The summed E-state index contributed by atoms with van der Waals surface area (Å²) in [4.78, 5) is 33.3. The summed E-state index contributed by atoms with van der Waals surface area (Å²) in [5.74, 6) is 0.560. The molecule has 1 aliphatic heterocycles. The van der Waals surface area contributed by atoms with Gasteiger partial charge in [0.05, 0.1) is 28.2 Å². The van der Waals surface area contributed by atoms with Crippen LogP contribution in [0.4, 0.5) is 0 Å². The molecule has 37 heavy (non-hydrogen) atoms. The second-order valence-corrected chi connectivity index (χ2v) is 11.9. The molecule has 194 valence electrons. The first-order chi connectivity index (χ1) is 17.8. The molecule has 1 fully saturated rings. The number of aromatic amines is 1. The van der Waals surface area contributed by atoms with Crippen LogP contribution < -0.4 is 16.4 Å². The third-order valence-corrected chi connectivity index (χ3v) is 9.01. The standard InChI is InChI=1S/C27H31N5O4S/c1-3-37(35,36)20-6-7-21(23-17-31(2)27(34)26-22(23)10-13-29-26)24(14-20)32-16-19(30-15-25(32)33)5-4-18-8-11-28-12-9-18/h6-7,10,13-18,28-29H,3-5,8-9,11-12H2,1-2H3. The second-order valence-electron chi connectivity index (χ2n) is 9.63. The molecule has 0 aliphatic carbocycles. The van der Waals surface area contributed by atoms with Gasteiger partial charge in [0.25, 0.3) is 11.1 Å². The van der Waals surface area contributed by atoms with Crippen LogP contribution in [0.3, 0.4) is 0 Å². The monoisotopic (exact) mass is 521 g/mol. The predicted molar refractivity (Wildman–Crippen MR) is 144 cm³/mol. The number of hydrogen-bond acceptors (Lipinski definition) is 6. The lowest BCUT2D eigenvalue weighted by atomic mass is 9.92. The zero-order valence-corrected chi connectivity index (χ0v) is 21.8. The second kappa shape index (κ2) is 10.1. The van der Waals surface area contributed by atoms with Gasteiger partial charge in [0.2, 0.25) is 0 Å². The lowest BCUT2D eigenvalue weighted by Gasteiger charge is -2.22. The van der Waals surface area contributed by atoms with E-state index in [0.717, 1.165) is 44.5 Å². The SMILES string of the molecule is CCS(=O)(=O)c1ccc(-c2cn(C)c(=O)c3[nH]ccc23)c(-n2cc(CCC3CCNCC3)ncc2=O)c1. The van der Waals surface area contributed by atoms with Crippen molar-refractivity contribution < 1.29 is 8.42 Å². The number of piperidine rings is 1. The van der Waals surface area contributed by atoms with Crippen LogP contribution in [-0.4, -0.2) is 46.4 Å². The fraction of sp³-hybridized carbons (Fsp3) is 0.370. The van der Waals surface area contributed by atoms with E-state index < -0.39 is 9.84 Å². The van der Waals surface area contributed by atoms with E-state index in [2.05, 4.69) is 15.3 Å². The first-order valence-electron chi connectivity index (χ1n) is 12.6. The Morgan fingerprint density at radius 2 is 1.86 bits per heavy atom. The number of fused-ring (bicyclic) bond motifs is 1. The predicted octanol–water partition coefficient (Wildman–Crippen LogP) is 2.81. The molecular formula is C27H31N5O4S. The van der Waals surface area contributed by atoms with E-state index in [1.807, 2.05) is 6.07 Å². The molecule has 9 nitrogen and oxygen atoms in total. The largest absolute Gasteiger partial charge is 0.357 e. The Kier molecular flexibility index (Phi) is 6.87. The number of pyridine rings is 1. The molecule has 2 N–H and O–H groups in total. The molecule has 10 heteroatoms. The molecule has 5 rings (SSSR count). The van der Waals surface area contributed by atoms with E-state index >= 15 is 0 Å². The van der Waals surface area contributed by atoms with Gasteiger partial charge >= 0.3 is 0 Å². The van der Waals surface area contributed by atoms with Gasteiger partial charge in [-0.25, -0.2) is 8.42 Å². The molecule has 1 saturated heterocycles. The summed E-state index contributed by atoms with van der Waals surface area (Å²) in [5, 5.41) is 4.08. The molecular weight excluding hydrogens is 490 g/mol. The number of H-pyrrole nitrogens is 1. The molecule has 4 heterocycles. The highest BCUT2D eigenvalue weighted by molar-refractivity contribution is 7.91. The normalized spacial score (nSPS) is 14.9. The van der Waals surface area contributed by atoms with E-state index in [-0.39, 0.29) is 21.8 Å². The Balaban J connectivity index is 1.67. The van der Waals surface area contributed by atoms with Gasteiger partial charge in [-0.05, 0) is 62.9 Å².